The van der Waals surface area contributed by atoms with Crippen LogP contribution >= 0.6 is 0 Å². The van der Waals surface area contributed by atoms with Crippen LogP contribution in [0.15, 0.2) is 12.5 Å². The molecule has 0 N–H and O–H groups in total. The molecule has 0 amide bonds. The molecule has 0 aliphatic carbocycles. The van der Waals surface area contributed by atoms with E-state index in [-0.39, 0.29) is 6.04 Å². The minimum Gasteiger partial charge on any atom is -0.353 e. The maximum Gasteiger partial charge on any atom is 0.163 e. The smallest absolute Gasteiger partial charge is 0.163 e. The molecular weight excluding hydrogens is 316 g/mol. The second-order valence-electron chi connectivity index (χ2n) is 6.28. The summed E-state index contributed by atoms with van der Waals surface area (Å²) in [5.41, 5.74) is 0.833. The first-order valence-corrected chi connectivity index (χ1v) is 9.68. The molecule has 0 saturated carbocycles. The normalized spacial score (nSPS) is 25.3. The second kappa shape index (κ2) is 5.41. The Morgan fingerprint density at radius 3 is 2.65 bits per heavy atom. The van der Waals surface area contributed by atoms with E-state index >= 15 is 0 Å². The number of sulfone groups is 1. The lowest BCUT2D eigenvalue weighted by atomic mass is 10.2. The number of nitrogens with zero attached hydrogens (tertiary/aromatic N) is 6. The van der Waals surface area contributed by atoms with E-state index in [2.05, 4.69) is 24.9 Å². The van der Waals surface area contributed by atoms with Gasteiger partial charge in [-0.2, -0.15) is 5.10 Å². The summed E-state index contributed by atoms with van der Waals surface area (Å²) in [4.78, 5) is 13.3. The van der Waals surface area contributed by atoms with Crippen molar-refractivity contribution in [2.75, 3.05) is 42.6 Å². The molecule has 1 atom stereocenters. The number of anilines is 1. The molecule has 4 rings (SSSR count). The van der Waals surface area contributed by atoms with Crippen LogP contribution in [0.4, 0.5) is 5.82 Å². The molecule has 2 aliphatic rings. The zero-order valence-corrected chi connectivity index (χ0v) is 13.9. The minimum atomic E-state index is -2.82. The van der Waals surface area contributed by atoms with Gasteiger partial charge in [-0.1, -0.05) is 0 Å². The molecule has 0 bridgehead atoms. The van der Waals surface area contributed by atoms with Crippen LogP contribution in [0.5, 0.6) is 0 Å². The van der Waals surface area contributed by atoms with Crippen LogP contribution in [-0.2, 0) is 16.9 Å². The molecule has 2 saturated heterocycles. The first-order chi connectivity index (χ1) is 11.0. The fraction of sp³-hybridized carbons (Fsp3) is 0.643. The molecular formula is C14H20N6O2S. The van der Waals surface area contributed by atoms with Crippen molar-refractivity contribution in [3.8, 4) is 0 Å². The summed E-state index contributed by atoms with van der Waals surface area (Å²) < 4.78 is 25.1. The monoisotopic (exact) mass is 336 g/mol. The summed E-state index contributed by atoms with van der Waals surface area (Å²) in [6.45, 7) is 3.42. The van der Waals surface area contributed by atoms with Gasteiger partial charge in [0.05, 0.1) is 23.1 Å². The number of fused-ring (bicyclic) bond motifs is 1. The molecule has 23 heavy (non-hydrogen) atoms. The molecule has 0 spiro atoms. The summed E-state index contributed by atoms with van der Waals surface area (Å²) >= 11 is 0. The molecule has 8 nitrogen and oxygen atoms in total. The molecule has 2 fully saturated rings. The lowest BCUT2D eigenvalue weighted by Crippen LogP contribution is -2.51. The van der Waals surface area contributed by atoms with Crippen LogP contribution in [0.25, 0.3) is 11.0 Å². The Balaban J connectivity index is 1.49. The van der Waals surface area contributed by atoms with Gasteiger partial charge in [0.25, 0.3) is 0 Å². The third-order valence-electron chi connectivity index (χ3n) is 4.85. The fourth-order valence-electron chi connectivity index (χ4n) is 3.56. The van der Waals surface area contributed by atoms with Gasteiger partial charge in [-0.05, 0) is 6.42 Å². The van der Waals surface area contributed by atoms with Crippen LogP contribution in [0.1, 0.15) is 6.42 Å². The molecule has 1 unspecified atom stereocenters. The lowest BCUT2D eigenvalue weighted by Gasteiger charge is -2.38. The van der Waals surface area contributed by atoms with E-state index in [9.17, 15) is 8.42 Å². The summed E-state index contributed by atoms with van der Waals surface area (Å²) in [5, 5.41) is 5.22. The minimum absolute atomic E-state index is 0.186. The maximum absolute atomic E-state index is 11.7. The zero-order chi connectivity index (χ0) is 16.0. The lowest BCUT2D eigenvalue weighted by molar-refractivity contribution is 0.200. The van der Waals surface area contributed by atoms with Crippen LogP contribution in [-0.4, -0.2) is 76.8 Å². The van der Waals surface area contributed by atoms with Gasteiger partial charge >= 0.3 is 0 Å². The zero-order valence-electron chi connectivity index (χ0n) is 13.1. The van der Waals surface area contributed by atoms with E-state index in [1.54, 1.807) is 17.2 Å². The second-order valence-corrected chi connectivity index (χ2v) is 8.51. The van der Waals surface area contributed by atoms with Gasteiger partial charge < -0.3 is 4.90 Å². The van der Waals surface area contributed by atoms with Gasteiger partial charge in [0, 0.05) is 39.3 Å². The molecule has 124 valence electrons. The highest BCUT2D eigenvalue weighted by Crippen LogP contribution is 2.25. The van der Waals surface area contributed by atoms with Crippen molar-refractivity contribution in [2.24, 2.45) is 7.05 Å². The van der Waals surface area contributed by atoms with Crippen molar-refractivity contribution in [3.63, 3.8) is 0 Å². The summed E-state index contributed by atoms with van der Waals surface area (Å²) in [6.07, 6.45) is 4.15. The third kappa shape index (κ3) is 2.67. The Kier molecular flexibility index (Phi) is 3.49. The predicted molar refractivity (Wildman–Crippen MR) is 87.1 cm³/mol. The van der Waals surface area contributed by atoms with E-state index in [4.69, 9.17) is 0 Å². The van der Waals surface area contributed by atoms with E-state index in [1.165, 1.54) is 0 Å². The number of hydrogen-bond donors (Lipinski definition) is 0. The van der Waals surface area contributed by atoms with E-state index in [0.29, 0.717) is 11.5 Å². The molecule has 2 aromatic heterocycles. The summed E-state index contributed by atoms with van der Waals surface area (Å²) in [6, 6.07) is 0.186. The van der Waals surface area contributed by atoms with E-state index in [1.807, 2.05) is 7.05 Å². The van der Waals surface area contributed by atoms with Crippen LogP contribution < -0.4 is 4.90 Å². The Bertz CT molecular complexity index is 825. The Morgan fingerprint density at radius 1 is 1.17 bits per heavy atom. The highest BCUT2D eigenvalue weighted by Gasteiger charge is 2.34. The molecule has 2 aliphatic heterocycles. The van der Waals surface area contributed by atoms with Crippen molar-refractivity contribution in [3.05, 3.63) is 12.5 Å². The number of rotatable bonds is 2. The molecule has 2 aromatic rings. The molecule has 9 heteroatoms. The van der Waals surface area contributed by atoms with Crippen molar-refractivity contribution in [2.45, 2.75) is 12.5 Å². The van der Waals surface area contributed by atoms with Crippen LogP contribution in [0.2, 0.25) is 0 Å². The molecule has 0 radical (unpaired) electrons. The van der Waals surface area contributed by atoms with Gasteiger partial charge in [-0.3, -0.25) is 9.58 Å². The average molecular weight is 336 g/mol. The first kappa shape index (κ1) is 14.8. The molecule has 4 heterocycles. The van der Waals surface area contributed by atoms with Gasteiger partial charge in [-0.15, -0.1) is 0 Å². The van der Waals surface area contributed by atoms with Gasteiger partial charge in [0.15, 0.2) is 15.5 Å². The van der Waals surface area contributed by atoms with Crippen molar-refractivity contribution >= 4 is 26.7 Å². The maximum atomic E-state index is 11.7. The largest absolute Gasteiger partial charge is 0.353 e. The SMILES string of the molecule is Cn1ncc2c(N3CCN(C4CCS(=O)(=O)C4)CC3)ncnc21. The predicted octanol–water partition coefficient (Wildman–Crippen LogP) is -0.328. The van der Waals surface area contributed by atoms with Gasteiger partial charge in [0.1, 0.15) is 12.1 Å². The van der Waals surface area contributed by atoms with Crippen molar-refractivity contribution in [1.82, 2.24) is 24.6 Å². The van der Waals surface area contributed by atoms with E-state index < -0.39 is 9.84 Å². The third-order valence-corrected chi connectivity index (χ3v) is 6.60. The van der Waals surface area contributed by atoms with Gasteiger partial charge in [-0.25, -0.2) is 18.4 Å². The Hall–Kier alpha value is -1.74. The van der Waals surface area contributed by atoms with Crippen molar-refractivity contribution in [1.29, 1.82) is 0 Å². The standard InChI is InChI=1S/C14H20N6O2S/c1-18-13-12(8-17-18)14(16-10-15-13)20-5-3-19(4-6-20)11-2-7-23(21,22)9-11/h8,10-11H,2-7,9H2,1H3. The highest BCUT2D eigenvalue weighted by atomic mass is 32.2. The average Bonchev–Trinajstić information content (AvgIpc) is 3.10. The molecule has 0 aromatic carbocycles. The van der Waals surface area contributed by atoms with Crippen LogP contribution in [0.3, 0.4) is 0 Å². The fourth-order valence-corrected chi connectivity index (χ4v) is 5.33. The Morgan fingerprint density at radius 2 is 1.96 bits per heavy atom. The number of hydrogen-bond acceptors (Lipinski definition) is 7. The Labute approximate surface area is 135 Å². The summed E-state index contributed by atoms with van der Waals surface area (Å²) in [7, 11) is -0.951. The van der Waals surface area contributed by atoms with Gasteiger partial charge in [0.2, 0.25) is 0 Å². The summed E-state index contributed by atoms with van der Waals surface area (Å²) in [5.74, 6) is 1.56. The van der Waals surface area contributed by atoms with Crippen LogP contribution in [0, 0.1) is 0 Å². The number of piperazine rings is 1. The van der Waals surface area contributed by atoms with Crippen molar-refractivity contribution < 1.29 is 8.42 Å². The number of aromatic nitrogens is 4. The highest BCUT2D eigenvalue weighted by molar-refractivity contribution is 7.91. The first-order valence-electron chi connectivity index (χ1n) is 7.86. The van der Waals surface area contributed by atoms with E-state index in [0.717, 1.165) is 49.5 Å². The topological polar surface area (TPSA) is 84.2 Å². The number of aryl methyl sites for hydroxylation is 1. The quantitative estimate of drug-likeness (QED) is 0.742.